The molecule has 1 N–H and O–H groups in total. The molecular formula is C21H32N2O3. The standard InChI is InChI=1S/C21H32N2O3/c1-15(2)12-19(22-21(25)26-4)20(24)23-11-5-6-18(14-23)13-17-9-7-16(3)8-10-17/h7-10,15,18-19H,5-6,11-14H2,1-4H3,(H,22,25). The fourth-order valence-electron chi connectivity index (χ4n) is 3.60. The third-order valence-corrected chi connectivity index (χ3v) is 4.96. The molecule has 1 aromatic carbocycles. The van der Waals surface area contributed by atoms with Crippen LogP contribution in [-0.2, 0) is 16.0 Å². The lowest BCUT2D eigenvalue weighted by Gasteiger charge is -2.35. The van der Waals surface area contributed by atoms with Gasteiger partial charge in [-0.05, 0) is 50.0 Å². The molecule has 0 saturated carbocycles. The quantitative estimate of drug-likeness (QED) is 0.844. The van der Waals surface area contributed by atoms with Gasteiger partial charge >= 0.3 is 6.09 Å². The van der Waals surface area contributed by atoms with Crippen molar-refractivity contribution in [2.24, 2.45) is 11.8 Å². The first-order valence-corrected chi connectivity index (χ1v) is 9.57. The number of piperidine rings is 1. The first kappa shape index (κ1) is 20.3. The van der Waals surface area contributed by atoms with E-state index in [0.717, 1.165) is 32.4 Å². The average molecular weight is 360 g/mol. The number of hydrogen-bond donors (Lipinski definition) is 1. The van der Waals surface area contributed by atoms with Gasteiger partial charge in [-0.1, -0.05) is 43.7 Å². The Morgan fingerprint density at radius 3 is 2.58 bits per heavy atom. The Bertz CT molecular complexity index is 598. The smallest absolute Gasteiger partial charge is 0.407 e. The zero-order valence-electron chi connectivity index (χ0n) is 16.5. The highest BCUT2D eigenvalue weighted by Crippen LogP contribution is 2.22. The van der Waals surface area contributed by atoms with Gasteiger partial charge in [-0.25, -0.2) is 4.79 Å². The fraction of sp³-hybridized carbons (Fsp3) is 0.619. The lowest BCUT2D eigenvalue weighted by Crippen LogP contribution is -2.52. The van der Waals surface area contributed by atoms with E-state index in [4.69, 9.17) is 0 Å². The summed E-state index contributed by atoms with van der Waals surface area (Å²) in [5.74, 6) is 0.792. The molecular weight excluding hydrogens is 328 g/mol. The van der Waals surface area contributed by atoms with E-state index >= 15 is 0 Å². The molecule has 0 aliphatic carbocycles. The molecule has 1 saturated heterocycles. The monoisotopic (exact) mass is 360 g/mol. The summed E-state index contributed by atoms with van der Waals surface area (Å²) < 4.78 is 4.69. The fourth-order valence-corrected chi connectivity index (χ4v) is 3.60. The number of nitrogens with zero attached hydrogens (tertiary/aromatic N) is 1. The average Bonchev–Trinajstić information content (AvgIpc) is 2.62. The summed E-state index contributed by atoms with van der Waals surface area (Å²) in [5.41, 5.74) is 2.58. The molecule has 2 atom stereocenters. The molecule has 0 bridgehead atoms. The lowest BCUT2D eigenvalue weighted by atomic mass is 9.90. The summed E-state index contributed by atoms with van der Waals surface area (Å²) in [6, 6.07) is 8.12. The molecule has 2 rings (SSSR count). The summed E-state index contributed by atoms with van der Waals surface area (Å²) >= 11 is 0. The predicted octanol–water partition coefficient (Wildman–Crippen LogP) is 3.55. The second-order valence-corrected chi connectivity index (χ2v) is 7.80. The number of likely N-dealkylation sites (tertiary alicyclic amines) is 1. The van der Waals surface area contributed by atoms with Gasteiger partial charge in [-0.3, -0.25) is 4.79 Å². The number of hydrogen-bond acceptors (Lipinski definition) is 3. The molecule has 5 nitrogen and oxygen atoms in total. The van der Waals surface area contributed by atoms with E-state index in [2.05, 4.69) is 55.1 Å². The van der Waals surface area contributed by atoms with E-state index in [1.807, 2.05) is 4.90 Å². The molecule has 2 amide bonds. The van der Waals surface area contributed by atoms with E-state index < -0.39 is 12.1 Å². The van der Waals surface area contributed by atoms with Gasteiger partial charge in [0.05, 0.1) is 7.11 Å². The van der Waals surface area contributed by atoms with Crippen molar-refractivity contribution >= 4 is 12.0 Å². The van der Waals surface area contributed by atoms with Crippen LogP contribution in [-0.4, -0.2) is 43.1 Å². The molecule has 1 fully saturated rings. The minimum atomic E-state index is -0.544. The van der Waals surface area contributed by atoms with Crippen molar-refractivity contribution in [1.29, 1.82) is 0 Å². The van der Waals surface area contributed by atoms with Crippen LogP contribution in [0.2, 0.25) is 0 Å². The lowest BCUT2D eigenvalue weighted by molar-refractivity contribution is -0.135. The highest BCUT2D eigenvalue weighted by molar-refractivity contribution is 5.85. The van der Waals surface area contributed by atoms with Gasteiger partial charge in [0.2, 0.25) is 5.91 Å². The Hall–Kier alpha value is -2.04. The second kappa shape index (κ2) is 9.60. The van der Waals surface area contributed by atoms with Crippen molar-refractivity contribution < 1.29 is 14.3 Å². The maximum absolute atomic E-state index is 13.0. The van der Waals surface area contributed by atoms with Gasteiger partial charge in [0, 0.05) is 13.1 Å². The zero-order valence-corrected chi connectivity index (χ0v) is 16.5. The van der Waals surface area contributed by atoms with Crippen molar-refractivity contribution in [3.05, 3.63) is 35.4 Å². The molecule has 26 heavy (non-hydrogen) atoms. The largest absolute Gasteiger partial charge is 0.453 e. The van der Waals surface area contributed by atoms with Gasteiger partial charge in [-0.15, -0.1) is 0 Å². The zero-order chi connectivity index (χ0) is 19.1. The summed E-state index contributed by atoms with van der Waals surface area (Å²) in [7, 11) is 1.32. The molecule has 0 spiro atoms. The van der Waals surface area contributed by atoms with Crippen LogP contribution in [0.3, 0.4) is 0 Å². The topological polar surface area (TPSA) is 58.6 Å². The van der Waals surface area contributed by atoms with E-state index in [-0.39, 0.29) is 5.91 Å². The van der Waals surface area contributed by atoms with Crippen LogP contribution < -0.4 is 5.32 Å². The van der Waals surface area contributed by atoms with E-state index in [1.54, 1.807) is 0 Å². The van der Waals surface area contributed by atoms with Gasteiger partial charge in [0.25, 0.3) is 0 Å². The summed E-state index contributed by atoms with van der Waals surface area (Å²) in [6.45, 7) is 7.71. The van der Waals surface area contributed by atoms with Gasteiger partial charge in [0.15, 0.2) is 0 Å². The van der Waals surface area contributed by atoms with Crippen molar-refractivity contribution in [2.45, 2.75) is 52.5 Å². The van der Waals surface area contributed by atoms with Crippen LogP contribution in [0, 0.1) is 18.8 Å². The summed E-state index contributed by atoms with van der Waals surface area (Å²) in [6.07, 6.45) is 3.21. The molecule has 1 aliphatic heterocycles. The van der Waals surface area contributed by atoms with E-state index in [0.29, 0.717) is 18.3 Å². The number of carbonyl (C=O) groups excluding carboxylic acids is 2. The molecule has 2 unspecified atom stereocenters. The number of rotatable bonds is 6. The predicted molar refractivity (Wildman–Crippen MR) is 103 cm³/mol. The third-order valence-electron chi connectivity index (χ3n) is 4.96. The Morgan fingerprint density at radius 1 is 1.27 bits per heavy atom. The van der Waals surface area contributed by atoms with Crippen LogP contribution in [0.15, 0.2) is 24.3 Å². The number of methoxy groups -OCH3 is 1. The normalized spacial score (nSPS) is 18.5. The first-order chi connectivity index (χ1) is 12.4. The van der Waals surface area contributed by atoms with Crippen LogP contribution in [0.25, 0.3) is 0 Å². The van der Waals surface area contributed by atoms with Crippen LogP contribution in [0.5, 0.6) is 0 Å². The highest BCUT2D eigenvalue weighted by atomic mass is 16.5. The Morgan fingerprint density at radius 2 is 1.96 bits per heavy atom. The molecule has 0 aromatic heterocycles. The molecule has 5 heteroatoms. The third kappa shape index (κ3) is 6.04. The van der Waals surface area contributed by atoms with Crippen molar-refractivity contribution in [2.75, 3.05) is 20.2 Å². The number of benzene rings is 1. The van der Waals surface area contributed by atoms with Gasteiger partial charge in [-0.2, -0.15) is 0 Å². The Balaban J connectivity index is 1.99. The van der Waals surface area contributed by atoms with E-state index in [9.17, 15) is 9.59 Å². The number of carbonyl (C=O) groups is 2. The minimum absolute atomic E-state index is 0.0118. The second-order valence-electron chi connectivity index (χ2n) is 7.80. The van der Waals surface area contributed by atoms with Crippen molar-refractivity contribution in [3.63, 3.8) is 0 Å². The Kier molecular flexibility index (Phi) is 7.49. The molecule has 1 aliphatic rings. The minimum Gasteiger partial charge on any atom is -0.453 e. The van der Waals surface area contributed by atoms with Gasteiger partial charge < -0.3 is 15.0 Å². The summed E-state index contributed by atoms with van der Waals surface area (Å²) in [5, 5.41) is 2.71. The maximum Gasteiger partial charge on any atom is 0.407 e. The molecule has 1 aromatic rings. The number of alkyl carbamates (subject to hydrolysis) is 1. The summed E-state index contributed by atoms with van der Waals surface area (Å²) in [4.78, 5) is 26.5. The maximum atomic E-state index is 13.0. The SMILES string of the molecule is COC(=O)NC(CC(C)C)C(=O)N1CCCC(Cc2ccc(C)cc2)C1. The molecule has 144 valence electrons. The van der Waals surface area contributed by atoms with Crippen LogP contribution >= 0.6 is 0 Å². The van der Waals surface area contributed by atoms with Crippen molar-refractivity contribution in [3.8, 4) is 0 Å². The number of ether oxygens (including phenoxy) is 1. The van der Waals surface area contributed by atoms with Crippen LogP contribution in [0.4, 0.5) is 4.79 Å². The first-order valence-electron chi connectivity index (χ1n) is 9.57. The number of amides is 2. The number of aryl methyl sites for hydroxylation is 1. The number of nitrogens with one attached hydrogen (secondary N) is 1. The van der Waals surface area contributed by atoms with Crippen molar-refractivity contribution in [1.82, 2.24) is 10.2 Å². The van der Waals surface area contributed by atoms with E-state index in [1.165, 1.54) is 18.2 Å². The molecule has 1 heterocycles. The van der Waals surface area contributed by atoms with Crippen LogP contribution in [0.1, 0.15) is 44.2 Å². The van der Waals surface area contributed by atoms with Gasteiger partial charge in [0.1, 0.15) is 6.04 Å². The molecule has 0 radical (unpaired) electrons. The highest BCUT2D eigenvalue weighted by Gasteiger charge is 2.30. The Labute approximate surface area is 157 Å².